The smallest absolute Gasteiger partial charge is 0.303 e. The van der Waals surface area contributed by atoms with Crippen molar-refractivity contribution in [3.05, 3.63) is 53.7 Å². The highest BCUT2D eigenvalue weighted by molar-refractivity contribution is 6.83. The van der Waals surface area contributed by atoms with Crippen molar-refractivity contribution < 1.29 is 14.6 Å². The van der Waals surface area contributed by atoms with Crippen molar-refractivity contribution in [2.75, 3.05) is 18.5 Å². The van der Waals surface area contributed by atoms with Gasteiger partial charge in [0.2, 0.25) is 0 Å². The fourth-order valence-electron chi connectivity index (χ4n) is 3.10. The van der Waals surface area contributed by atoms with E-state index < -0.39 is 14.0 Å². The van der Waals surface area contributed by atoms with Crippen LogP contribution in [0, 0.1) is 16.9 Å². The van der Waals surface area contributed by atoms with E-state index in [4.69, 9.17) is 4.74 Å². The van der Waals surface area contributed by atoms with Crippen LogP contribution in [0.15, 0.2) is 42.6 Å². The van der Waals surface area contributed by atoms with Gasteiger partial charge in [-0.15, -0.1) is 5.54 Å². The third-order valence-electron chi connectivity index (χ3n) is 4.51. The molecule has 0 saturated heterocycles. The van der Waals surface area contributed by atoms with E-state index in [0.29, 0.717) is 13.0 Å². The summed E-state index contributed by atoms with van der Waals surface area (Å²) in [6.07, 6.45) is 3.39. The second kappa shape index (κ2) is 11.0. The molecule has 0 amide bonds. The lowest BCUT2D eigenvalue weighted by molar-refractivity contribution is -0.139. The zero-order valence-corrected chi connectivity index (χ0v) is 20.3. The third kappa shape index (κ3) is 9.71. The summed E-state index contributed by atoms with van der Waals surface area (Å²) in [7, 11) is -1.54. The average Bonchev–Trinajstić information content (AvgIpc) is 2.66. The van der Waals surface area contributed by atoms with Gasteiger partial charge in [0.15, 0.2) is 0 Å². The molecule has 0 bridgehead atoms. The van der Waals surface area contributed by atoms with Crippen molar-refractivity contribution in [2.45, 2.75) is 52.8 Å². The predicted molar refractivity (Wildman–Crippen MR) is 129 cm³/mol. The molecule has 0 spiro atoms. The first-order chi connectivity index (χ1) is 14.5. The van der Waals surface area contributed by atoms with E-state index in [2.05, 4.69) is 41.4 Å². The van der Waals surface area contributed by atoms with Gasteiger partial charge in [-0.2, -0.15) is 0 Å². The molecule has 0 aliphatic carbocycles. The van der Waals surface area contributed by atoms with E-state index in [1.165, 1.54) is 0 Å². The molecule has 2 rings (SSSR count). The Labute approximate surface area is 187 Å². The first-order valence-corrected chi connectivity index (χ1v) is 14.2. The summed E-state index contributed by atoms with van der Waals surface area (Å²) in [5.74, 6) is 4.23. The maximum atomic E-state index is 11.2. The molecule has 0 unspecified atom stereocenters. The number of anilines is 1. The van der Waals surface area contributed by atoms with Gasteiger partial charge in [0.05, 0.1) is 13.0 Å². The van der Waals surface area contributed by atoms with Crippen molar-refractivity contribution in [3.63, 3.8) is 0 Å². The van der Waals surface area contributed by atoms with Gasteiger partial charge in [0.25, 0.3) is 0 Å². The first kappa shape index (κ1) is 24.5. The molecule has 6 heteroatoms. The number of hydrogen-bond acceptors (Lipinski definition) is 4. The lowest BCUT2D eigenvalue weighted by Crippen LogP contribution is -2.20. The Bertz CT molecular complexity index is 925. The lowest BCUT2D eigenvalue weighted by atomic mass is 9.81. The highest BCUT2D eigenvalue weighted by Crippen LogP contribution is 2.29. The van der Waals surface area contributed by atoms with Crippen LogP contribution in [0.2, 0.25) is 19.6 Å². The summed E-state index contributed by atoms with van der Waals surface area (Å²) in [5, 5.41) is 12.5. The Morgan fingerprint density at radius 3 is 2.65 bits per heavy atom. The van der Waals surface area contributed by atoms with Crippen molar-refractivity contribution in [3.8, 4) is 17.2 Å². The molecular formula is C25H34N2O3Si. The van der Waals surface area contributed by atoms with Crippen molar-refractivity contribution in [1.82, 2.24) is 4.98 Å². The molecule has 0 aliphatic heterocycles. The van der Waals surface area contributed by atoms with Crippen LogP contribution in [0.4, 0.5) is 5.82 Å². The van der Waals surface area contributed by atoms with E-state index in [0.717, 1.165) is 35.7 Å². The van der Waals surface area contributed by atoms with Crippen LogP contribution >= 0.6 is 0 Å². The largest absolute Gasteiger partial charge is 0.493 e. The fraction of sp³-hybridized carbons (Fsp3) is 0.440. The van der Waals surface area contributed by atoms with Gasteiger partial charge in [-0.25, -0.2) is 4.98 Å². The number of aliphatic carboxylic acids is 1. The van der Waals surface area contributed by atoms with E-state index in [1.807, 2.05) is 50.2 Å². The summed E-state index contributed by atoms with van der Waals surface area (Å²) in [6.45, 7) is 12.0. The van der Waals surface area contributed by atoms with Crippen LogP contribution in [0.3, 0.4) is 0 Å². The van der Waals surface area contributed by atoms with Crippen LogP contribution in [0.1, 0.15) is 37.8 Å². The molecule has 1 heterocycles. The molecule has 0 saturated carbocycles. The predicted octanol–water partition coefficient (Wildman–Crippen LogP) is 5.23. The number of benzene rings is 1. The van der Waals surface area contributed by atoms with E-state index in [1.54, 1.807) is 6.20 Å². The zero-order chi connectivity index (χ0) is 22.9. The van der Waals surface area contributed by atoms with Crippen LogP contribution < -0.4 is 10.1 Å². The minimum Gasteiger partial charge on any atom is -0.493 e. The van der Waals surface area contributed by atoms with Gasteiger partial charge in [0.1, 0.15) is 19.6 Å². The van der Waals surface area contributed by atoms with E-state index >= 15 is 0 Å². The van der Waals surface area contributed by atoms with Crippen molar-refractivity contribution in [2.24, 2.45) is 5.41 Å². The SMILES string of the molecule is CC(C)(CC(=O)O)Cc1ccc(OCCCNc2ccccn2)cc1C#C[Si](C)(C)C. The molecule has 2 N–H and O–H groups in total. The standard InChI is InChI=1S/C25H34N2O3Si/c1-25(2,19-24(28)29)18-21-10-11-22(17-20(21)12-16-31(3,4)5)30-15-8-14-27-23-9-6-7-13-26-23/h6-7,9-11,13,17H,8,14-15,18-19H2,1-5H3,(H,26,27)(H,28,29). The highest BCUT2D eigenvalue weighted by atomic mass is 28.3. The summed E-state index contributed by atoms with van der Waals surface area (Å²) in [6, 6.07) is 11.8. The number of pyridine rings is 1. The molecule has 166 valence electrons. The maximum absolute atomic E-state index is 11.2. The van der Waals surface area contributed by atoms with E-state index in [-0.39, 0.29) is 11.8 Å². The number of rotatable bonds is 10. The van der Waals surface area contributed by atoms with Gasteiger partial charge in [-0.05, 0) is 48.1 Å². The fourth-order valence-corrected chi connectivity index (χ4v) is 3.61. The average molecular weight is 439 g/mol. The number of ether oxygens (including phenoxy) is 1. The zero-order valence-electron chi connectivity index (χ0n) is 19.3. The molecule has 0 fully saturated rings. The monoisotopic (exact) mass is 438 g/mol. The summed E-state index contributed by atoms with van der Waals surface area (Å²) in [5.41, 5.74) is 5.09. The molecule has 1 aromatic heterocycles. The second-order valence-electron chi connectivity index (χ2n) is 9.57. The summed E-state index contributed by atoms with van der Waals surface area (Å²) >= 11 is 0. The normalized spacial score (nSPS) is 11.4. The molecule has 0 aliphatic rings. The van der Waals surface area contributed by atoms with Gasteiger partial charge >= 0.3 is 5.97 Å². The number of aromatic nitrogens is 1. The third-order valence-corrected chi connectivity index (χ3v) is 5.39. The topological polar surface area (TPSA) is 71.5 Å². The van der Waals surface area contributed by atoms with Crippen molar-refractivity contribution >= 4 is 19.9 Å². The minimum atomic E-state index is -1.54. The van der Waals surface area contributed by atoms with Crippen molar-refractivity contribution in [1.29, 1.82) is 0 Å². The summed E-state index contributed by atoms with van der Waals surface area (Å²) in [4.78, 5) is 15.5. The number of nitrogens with zero attached hydrogens (tertiary/aromatic N) is 1. The Morgan fingerprint density at radius 2 is 2.00 bits per heavy atom. The maximum Gasteiger partial charge on any atom is 0.303 e. The molecule has 2 aromatic rings. The number of carboxylic acid groups (broad SMARTS) is 1. The lowest BCUT2D eigenvalue weighted by Gasteiger charge is -2.23. The van der Waals surface area contributed by atoms with E-state index in [9.17, 15) is 9.90 Å². The quantitative estimate of drug-likeness (QED) is 0.302. The molecule has 31 heavy (non-hydrogen) atoms. The summed E-state index contributed by atoms with van der Waals surface area (Å²) < 4.78 is 5.96. The molecule has 0 atom stereocenters. The molecule has 1 aromatic carbocycles. The number of carbonyl (C=O) groups is 1. The van der Waals surface area contributed by atoms with Gasteiger partial charge in [0, 0.05) is 18.3 Å². The van der Waals surface area contributed by atoms with Crippen LogP contribution in [-0.2, 0) is 11.2 Å². The molecular weight excluding hydrogens is 404 g/mol. The Kier molecular flexibility index (Phi) is 8.70. The number of nitrogens with one attached hydrogen (secondary N) is 1. The highest BCUT2D eigenvalue weighted by Gasteiger charge is 2.23. The Morgan fingerprint density at radius 1 is 1.23 bits per heavy atom. The Hall–Kier alpha value is -2.78. The minimum absolute atomic E-state index is 0.120. The number of hydrogen-bond donors (Lipinski definition) is 2. The van der Waals surface area contributed by atoms with Gasteiger partial charge in [-0.3, -0.25) is 4.79 Å². The molecule has 0 radical (unpaired) electrons. The Balaban J connectivity index is 2.05. The van der Waals surface area contributed by atoms with Crippen LogP contribution in [-0.4, -0.2) is 37.3 Å². The van der Waals surface area contributed by atoms with Crippen LogP contribution in [0.25, 0.3) is 0 Å². The second-order valence-corrected chi connectivity index (χ2v) is 14.3. The first-order valence-electron chi connectivity index (χ1n) is 10.7. The molecule has 5 nitrogen and oxygen atoms in total. The number of carboxylic acids is 1. The van der Waals surface area contributed by atoms with Crippen LogP contribution in [0.5, 0.6) is 5.75 Å². The van der Waals surface area contributed by atoms with Gasteiger partial charge in [-0.1, -0.05) is 51.5 Å². The van der Waals surface area contributed by atoms with Gasteiger partial charge < -0.3 is 15.2 Å².